The average Bonchev–Trinajstić information content (AvgIpc) is 3.49. The Morgan fingerprint density at radius 2 is 1.36 bits per heavy atom. The number of benzene rings is 4. The standard InChI is InChI=1S/C38H36N4O2/c1-2-24-44-33-18-19-35-34(28-33)37(29-20-21-39-36(27-29)41-22-25-43-26-23-41)40-42(35)38(30-12-6-3-7-13-30,31-14-8-4-9-15-31)32-16-10-5-11-17-32/h3-21,27-28H,2,22-26H2,1H3. The smallest absolute Gasteiger partial charge is 0.138 e. The van der Waals surface area contributed by atoms with Crippen molar-refractivity contribution in [2.24, 2.45) is 0 Å². The van der Waals surface area contributed by atoms with Gasteiger partial charge < -0.3 is 14.4 Å². The zero-order valence-electron chi connectivity index (χ0n) is 25.0. The minimum Gasteiger partial charge on any atom is -0.494 e. The number of nitrogens with zero attached hydrogens (tertiary/aromatic N) is 4. The molecule has 0 amide bonds. The van der Waals surface area contributed by atoms with Crippen molar-refractivity contribution in [1.82, 2.24) is 14.8 Å². The average molecular weight is 581 g/mol. The van der Waals surface area contributed by atoms with Gasteiger partial charge in [0.05, 0.1) is 25.3 Å². The van der Waals surface area contributed by atoms with Crippen molar-refractivity contribution in [2.45, 2.75) is 18.9 Å². The van der Waals surface area contributed by atoms with E-state index >= 15 is 0 Å². The number of pyridine rings is 1. The van der Waals surface area contributed by atoms with Gasteiger partial charge in [0, 0.05) is 30.2 Å². The van der Waals surface area contributed by atoms with E-state index in [-0.39, 0.29) is 0 Å². The molecule has 7 rings (SSSR count). The number of ether oxygens (including phenoxy) is 2. The highest BCUT2D eigenvalue weighted by molar-refractivity contribution is 5.95. The monoisotopic (exact) mass is 580 g/mol. The van der Waals surface area contributed by atoms with E-state index in [1.807, 2.05) is 6.20 Å². The molecule has 44 heavy (non-hydrogen) atoms. The second-order valence-corrected chi connectivity index (χ2v) is 11.1. The number of aromatic nitrogens is 3. The first kappa shape index (κ1) is 27.9. The fourth-order valence-corrected chi connectivity index (χ4v) is 6.31. The van der Waals surface area contributed by atoms with E-state index in [0.717, 1.165) is 69.9 Å². The Labute approximate surface area is 258 Å². The van der Waals surface area contributed by atoms with E-state index < -0.39 is 5.54 Å². The summed E-state index contributed by atoms with van der Waals surface area (Å²) in [6.45, 7) is 5.83. The van der Waals surface area contributed by atoms with Gasteiger partial charge in [0.2, 0.25) is 0 Å². The highest BCUT2D eigenvalue weighted by atomic mass is 16.5. The minimum atomic E-state index is -0.744. The van der Waals surface area contributed by atoms with Gasteiger partial charge in [-0.1, -0.05) is 97.9 Å². The SMILES string of the molecule is CCCOc1ccc2c(c1)c(-c1ccnc(N3CCOCC3)c1)nn2C(c1ccccc1)(c1ccccc1)c1ccccc1. The Morgan fingerprint density at radius 3 is 1.95 bits per heavy atom. The van der Waals surface area contributed by atoms with Crippen LogP contribution in [0.1, 0.15) is 30.0 Å². The lowest BCUT2D eigenvalue weighted by atomic mass is 9.77. The van der Waals surface area contributed by atoms with Crippen molar-refractivity contribution >= 4 is 16.7 Å². The highest BCUT2D eigenvalue weighted by Gasteiger charge is 2.41. The second kappa shape index (κ2) is 12.3. The van der Waals surface area contributed by atoms with Crippen LogP contribution in [-0.4, -0.2) is 47.7 Å². The van der Waals surface area contributed by atoms with E-state index in [9.17, 15) is 0 Å². The van der Waals surface area contributed by atoms with Gasteiger partial charge in [-0.05, 0) is 53.4 Å². The highest BCUT2D eigenvalue weighted by Crippen LogP contribution is 2.44. The van der Waals surface area contributed by atoms with Gasteiger partial charge >= 0.3 is 0 Å². The number of morpholine rings is 1. The molecular weight excluding hydrogens is 544 g/mol. The van der Waals surface area contributed by atoms with Crippen LogP contribution in [-0.2, 0) is 10.3 Å². The molecule has 1 saturated heterocycles. The van der Waals surface area contributed by atoms with E-state index in [0.29, 0.717) is 19.8 Å². The molecule has 220 valence electrons. The molecule has 0 unspecified atom stereocenters. The van der Waals surface area contributed by atoms with Gasteiger partial charge in [0.25, 0.3) is 0 Å². The Balaban J connectivity index is 1.54. The van der Waals surface area contributed by atoms with Gasteiger partial charge in [0.1, 0.15) is 22.8 Å². The van der Waals surface area contributed by atoms with Gasteiger partial charge in [-0.25, -0.2) is 9.67 Å². The molecule has 0 saturated carbocycles. The summed E-state index contributed by atoms with van der Waals surface area (Å²) in [5.41, 5.74) is 5.57. The first-order chi connectivity index (χ1) is 21.8. The summed E-state index contributed by atoms with van der Waals surface area (Å²) < 4.78 is 14.0. The van der Waals surface area contributed by atoms with Crippen molar-refractivity contribution in [3.8, 4) is 17.0 Å². The van der Waals surface area contributed by atoms with Crippen molar-refractivity contribution in [1.29, 1.82) is 0 Å². The summed E-state index contributed by atoms with van der Waals surface area (Å²) in [7, 11) is 0. The molecule has 0 bridgehead atoms. The Hall–Kier alpha value is -4.94. The zero-order valence-corrected chi connectivity index (χ0v) is 25.0. The molecule has 6 aromatic rings. The van der Waals surface area contributed by atoms with Crippen LogP contribution in [0.4, 0.5) is 5.82 Å². The third kappa shape index (κ3) is 5.01. The predicted molar refractivity (Wildman–Crippen MR) is 176 cm³/mol. The molecule has 1 fully saturated rings. The summed E-state index contributed by atoms with van der Waals surface area (Å²) in [6.07, 6.45) is 2.83. The number of hydrogen-bond acceptors (Lipinski definition) is 5. The molecule has 0 radical (unpaired) electrons. The normalized spacial score (nSPS) is 13.7. The lowest BCUT2D eigenvalue weighted by Crippen LogP contribution is -2.38. The van der Waals surface area contributed by atoms with Crippen molar-refractivity contribution in [3.05, 3.63) is 144 Å². The molecule has 1 aliphatic heterocycles. The third-order valence-corrected chi connectivity index (χ3v) is 8.37. The van der Waals surface area contributed by atoms with Gasteiger partial charge in [-0.3, -0.25) is 0 Å². The molecule has 2 aromatic heterocycles. The molecule has 6 nitrogen and oxygen atoms in total. The van der Waals surface area contributed by atoms with Gasteiger partial charge in [0.15, 0.2) is 0 Å². The number of rotatable bonds is 9. The topological polar surface area (TPSA) is 52.4 Å². The van der Waals surface area contributed by atoms with Crippen LogP contribution in [0.2, 0.25) is 0 Å². The largest absolute Gasteiger partial charge is 0.494 e. The van der Waals surface area contributed by atoms with Crippen molar-refractivity contribution < 1.29 is 9.47 Å². The molecule has 0 spiro atoms. The molecule has 4 aromatic carbocycles. The van der Waals surface area contributed by atoms with E-state index in [1.54, 1.807) is 0 Å². The maximum absolute atomic E-state index is 6.15. The van der Waals surface area contributed by atoms with Crippen LogP contribution < -0.4 is 9.64 Å². The van der Waals surface area contributed by atoms with Crippen molar-refractivity contribution in [3.63, 3.8) is 0 Å². The lowest BCUT2D eigenvalue weighted by molar-refractivity contribution is 0.122. The molecule has 6 heteroatoms. The van der Waals surface area contributed by atoms with Gasteiger partial charge in [-0.15, -0.1) is 0 Å². The number of hydrogen-bond donors (Lipinski definition) is 0. The van der Waals surface area contributed by atoms with Crippen LogP contribution in [0.25, 0.3) is 22.2 Å². The summed E-state index contributed by atoms with van der Waals surface area (Å²) in [5, 5.41) is 6.59. The molecule has 3 heterocycles. The molecule has 0 N–H and O–H groups in total. The third-order valence-electron chi connectivity index (χ3n) is 8.37. The quantitative estimate of drug-likeness (QED) is 0.165. The number of fused-ring (bicyclic) bond motifs is 1. The first-order valence-electron chi connectivity index (χ1n) is 15.4. The Bertz CT molecular complexity index is 1730. The number of anilines is 1. The maximum atomic E-state index is 6.15. The Morgan fingerprint density at radius 1 is 0.750 bits per heavy atom. The van der Waals surface area contributed by atoms with Crippen LogP contribution in [0.5, 0.6) is 5.75 Å². The Kier molecular flexibility index (Phi) is 7.82. The van der Waals surface area contributed by atoms with Crippen LogP contribution in [0.3, 0.4) is 0 Å². The molecule has 0 atom stereocenters. The predicted octanol–water partition coefficient (Wildman–Crippen LogP) is 7.56. The fraction of sp³-hybridized carbons (Fsp3) is 0.211. The van der Waals surface area contributed by atoms with Crippen molar-refractivity contribution in [2.75, 3.05) is 37.8 Å². The first-order valence-corrected chi connectivity index (χ1v) is 15.4. The molecular formula is C38H36N4O2. The van der Waals surface area contributed by atoms with Crippen LogP contribution >= 0.6 is 0 Å². The maximum Gasteiger partial charge on any atom is 0.138 e. The second-order valence-electron chi connectivity index (χ2n) is 11.1. The fourth-order valence-electron chi connectivity index (χ4n) is 6.31. The minimum absolute atomic E-state index is 0.660. The summed E-state index contributed by atoms with van der Waals surface area (Å²) >= 11 is 0. The van der Waals surface area contributed by atoms with E-state index in [1.165, 1.54) is 0 Å². The summed E-state index contributed by atoms with van der Waals surface area (Å²) in [5.74, 6) is 1.78. The van der Waals surface area contributed by atoms with E-state index in [2.05, 4.69) is 138 Å². The van der Waals surface area contributed by atoms with Crippen LogP contribution in [0.15, 0.2) is 128 Å². The molecule has 1 aliphatic rings. The van der Waals surface area contributed by atoms with E-state index in [4.69, 9.17) is 19.6 Å². The van der Waals surface area contributed by atoms with Gasteiger partial charge in [-0.2, -0.15) is 5.10 Å². The summed E-state index contributed by atoms with van der Waals surface area (Å²) in [6, 6.07) is 42.7. The molecule has 0 aliphatic carbocycles. The zero-order chi connectivity index (χ0) is 29.8. The van der Waals surface area contributed by atoms with Crippen LogP contribution in [0, 0.1) is 0 Å². The lowest BCUT2D eigenvalue weighted by Gasteiger charge is -2.37. The summed E-state index contributed by atoms with van der Waals surface area (Å²) in [4.78, 5) is 7.02.